The number of rotatable bonds is 4. The van der Waals surface area contributed by atoms with Crippen molar-refractivity contribution in [2.75, 3.05) is 31.5 Å². The van der Waals surface area contributed by atoms with Gasteiger partial charge < -0.3 is 5.32 Å². The molecule has 4 aliphatic rings. The number of carbonyl (C=O) groups excluding carboxylic acids is 1. The third-order valence-electron chi connectivity index (χ3n) is 6.76. The van der Waals surface area contributed by atoms with Gasteiger partial charge in [-0.15, -0.1) is 0 Å². The number of anilines is 1. The first-order chi connectivity index (χ1) is 13.5. The fourth-order valence-corrected chi connectivity index (χ4v) is 6.39. The third kappa shape index (κ3) is 3.21. The third-order valence-corrected chi connectivity index (χ3v) is 8.18. The highest BCUT2D eigenvalue weighted by Crippen LogP contribution is 2.38. The molecule has 8 heteroatoms. The summed E-state index contributed by atoms with van der Waals surface area (Å²) in [6, 6.07) is 1.95. The van der Waals surface area contributed by atoms with Crippen LogP contribution in [-0.4, -0.2) is 55.9 Å². The maximum Gasteiger partial charge on any atom is 0.333 e. The number of nitrogens with zero attached hydrogens (tertiary/aromatic N) is 2. The lowest BCUT2D eigenvalue weighted by Crippen LogP contribution is -2.63. The van der Waals surface area contributed by atoms with Crippen LogP contribution in [0.15, 0.2) is 6.07 Å². The van der Waals surface area contributed by atoms with Crippen LogP contribution in [0.1, 0.15) is 47.9 Å². The van der Waals surface area contributed by atoms with Crippen molar-refractivity contribution in [3.05, 3.63) is 28.3 Å². The molecule has 152 valence electrons. The summed E-state index contributed by atoms with van der Waals surface area (Å²) in [6.07, 6.45) is 8.57. The van der Waals surface area contributed by atoms with Crippen molar-refractivity contribution in [3.63, 3.8) is 0 Å². The minimum atomic E-state index is -3.79. The highest BCUT2D eigenvalue weighted by atomic mass is 32.2. The number of benzene rings is 1. The molecule has 0 radical (unpaired) electrons. The van der Waals surface area contributed by atoms with E-state index in [1.807, 2.05) is 0 Å². The lowest BCUT2D eigenvalue weighted by Gasteiger charge is -2.42. The van der Waals surface area contributed by atoms with Gasteiger partial charge in [0.15, 0.2) is 0 Å². The normalized spacial score (nSPS) is 22.7. The Balaban J connectivity index is 1.26. The highest BCUT2D eigenvalue weighted by molar-refractivity contribution is 7.87. The number of urea groups is 1. The molecule has 2 saturated heterocycles. The summed E-state index contributed by atoms with van der Waals surface area (Å²) >= 11 is 0. The molecule has 2 heterocycles. The average Bonchev–Trinajstić information content (AvgIpc) is 3.33. The van der Waals surface area contributed by atoms with E-state index in [9.17, 15) is 13.2 Å². The Morgan fingerprint density at radius 2 is 1.54 bits per heavy atom. The van der Waals surface area contributed by atoms with Gasteiger partial charge in [0, 0.05) is 24.8 Å². The van der Waals surface area contributed by atoms with E-state index in [2.05, 4.69) is 21.0 Å². The van der Waals surface area contributed by atoms with Crippen molar-refractivity contribution in [2.45, 2.75) is 57.4 Å². The maximum absolute atomic E-state index is 12.6. The first kappa shape index (κ1) is 18.4. The first-order valence-corrected chi connectivity index (χ1v) is 11.9. The molecule has 2 aliphatic heterocycles. The second-order valence-electron chi connectivity index (χ2n) is 8.51. The van der Waals surface area contributed by atoms with E-state index in [4.69, 9.17) is 0 Å². The summed E-state index contributed by atoms with van der Waals surface area (Å²) in [4.78, 5) is 14.9. The summed E-state index contributed by atoms with van der Waals surface area (Å²) < 4.78 is 28.8. The minimum absolute atomic E-state index is 0.294. The topological polar surface area (TPSA) is 81.8 Å². The number of amides is 2. The van der Waals surface area contributed by atoms with Crippen LogP contribution in [0.25, 0.3) is 0 Å². The van der Waals surface area contributed by atoms with Gasteiger partial charge in [-0.1, -0.05) is 6.07 Å². The fourth-order valence-electron chi connectivity index (χ4n) is 5.24. The summed E-state index contributed by atoms with van der Waals surface area (Å²) in [5, 5.41) is 2.90. The Morgan fingerprint density at radius 1 is 0.929 bits per heavy atom. The Kier molecular flexibility index (Phi) is 4.60. The molecule has 5 rings (SSSR count). The lowest BCUT2D eigenvalue weighted by molar-refractivity contribution is 0.109. The van der Waals surface area contributed by atoms with E-state index < -0.39 is 16.2 Å². The smallest absolute Gasteiger partial charge is 0.307 e. The molecule has 0 aromatic heterocycles. The summed E-state index contributed by atoms with van der Waals surface area (Å²) in [5.41, 5.74) is 5.90. The molecule has 2 aliphatic carbocycles. The second-order valence-corrected chi connectivity index (χ2v) is 10.2. The van der Waals surface area contributed by atoms with E-state index >= 15 is 0 Å². The van der Waals surface area contributed by atoms with Crippen LogP contribution in [0, 0.1) is 0 Å². The number of hydrogen-bond donors (Lipinski definition) is 2. The maximum atomic E-state index is 12.6. The largest absolute Gasteiger partial charge is 0.333 e. The molecule has 0 saturated carbocycles. The van der Waals surface area contributed by atoms with E-state index in [0.29, 0.717) is 19.1 Å². The molecule has 0 atom stereocenters. The van der Waals surface area contributed by atoms with Gasteiger partial charge in [-0.3, -0.25) is 4.90 Å². The van der Waals surface area contributed by atoms with Crippen molar-refractivity contribution in [1.29, 1.82) is 0 Å². The quantitative estimate of drug-likeness (QED) is 0.802. The summed E-state index contributed by atoms with van der Waals surface area (Å²) in [7, 11) is -3.79. The first-order valence-electron chi connectivity index (χ1n) is 10.5. The van der Waals surface area contributed by atoms with Crippen LogP contribution in [0.3, 0.4) is 0 Å². The van der Waals surface area contributed by atoms with Gasteiger partial charge >= 0.3 is 16.2 Å². The Hall–Kier alpha value is -1.64. The number of nitrogens with one attached hydrogen (secondary N) is 2. The predicted octanol–water partition coefficient (Wildman–Crippen LogP) is 1.81. The Labute approximate surface area is 166 Å². The molecule has 2 amide bonds. The van der Waals surface area contributed by atoms with Crippen molar-refractivity contribution in [3.8, 4) is 0 Å². The van der Waals surface area contributed by atoms with E-state index in [1.165, 1.54) is 39.4 Å². The zero-order valence-electron chi connectivity index (χ0n) is 16.2. The standard InChI is InChI=1S/C20H28N4O3S/c25-20(22-28(26,27)24-12-16(13-24)23-9-1-2-10-23)21-19-17-7-3-5-14(17)11-15-6-4-8-18(15)19/h11,16H,1-10,12-13H2,(H2,21,22,25). The van der Waals surface area contributed by atoms with E-state index in [-0.39, 0.29) is 0 Å². The van der Waals surface area contributed by atoms with Crippen LogP contribution in [0.5, 0.6) is 0 Å². The Bertz CT molecular complexity index is 870. The van der Waals surface area contributed by atoms with Crippen LogP contribution in [0.4, 0.5) is 10.5 Å². The number of fused-ring (bicyclic) bond motifs is 2. The van der Waals surface area contributed by atoms with Gasteiger partial charge in [0.05, 0.1) is 0 Å². The minimum Gasteiger partial charge on any atom is -0.307 e. The van der Waals surface area contributed by atoms with Gasteiger partial charge in [-0.25, -0.2) is 9.52 Å². The zero-order valence-corrected chi connectivity index (χ0v) is 17.0. The average molecular weight is 405 g/mol. The molecule has 2 fully saturated rings. The molecule has 0 bridgehead atoms. The monoisotopic (exact) mass is 404 g/mol. The van der Waals surface area contributed by atoms with Crippen molar-refractivity contribution >= 4 is 21.9 Å². The van der Waals surface area contributed by atoms with Crippen LogP contribution >= 0.6 is 0 Å². The van der Waals surface area contributed by atoms with Gasteiger partial charge in [0.2, 0.25) is 0 Å². The van der Waals surface area contributed by atoms with Crippen molar-refractivity contribution < 1.29 is 13.2 Å². The van der Waals surface area contributed by atoms with Crippen LogP contribution in [0.2, 0.25) is 0 Å². The molecule has 28 heavy (non-hydrogen) atoms. The molecule has 1 aromatic rings. The second kappa shape index (κ2) is 7.00. The Morgan fingerprint density at radius 3 is 2.14 bits per heavy atom. The molecule has 0 spiro atoms. The molecular formula is C20H28N4O3S. The predicted molar refractivity (Wildman–Crippen MR) is 108 cm³/mol. The lowest BCUT2D eigenvalue weighted by atomic mass is 9.99. The van der Waals surface area contributed by atoms with E-state index in [1.54, 1.807) is 0 Å². The molecule has 7 nitrogen and oxygen atoms in total. The van der Waals surface area contributed by atoms with Gasteiger partial charge in [-0.2, -0.15) is 12.7 Å². The number of hydrogen-bond acceptors (Lipinski definition) is 4. The number of aryl methyl sites for hydroxylation is 2. The van der Waals surface area contributed by atoms with Gasteiger partial charge in [-0.05, 0) is 86.7 Å². The van der Waals surface area contributed by atoms with Crippen molar-refractivity contribution in [2.24, 2.45) is 0 Å². The SMILES string of the molecule is O=C(Nc1c2c(cc3c1CCC3)CCC2)NS(=O)(=O)N1CC(N2CCCC2)C1. The number of carbonyl (C=O) groups is 1. The highest BCUT2D eigenvalue weighted by Gasteiger charge is 2.40. The fraction of sp³-hybridized carbons (Fsp3) is 0.650. The zero-order chi connectivity index (χ0) is 19.3. The van der Waals surface area contributed by atoms with Crippen LogP contribution in [-0.2, 0) is 35.9 Å². The number of likely N-dealkylation sites (tertiary alicyclic amines) is 1. The van der Waals surface area contributed by atoms with Gasteiger partial charge in [0.25, 0.3) is 0 Å². The summed E-state index contributed by atoms with van der Waals surface area (Å²) in [5.74, 6) is 0. The summed E-state index contributed by atoms with van der Waals surface area (Å²) in [6.45, 7) is 3.05. The van der Waals surface area contributed by atoms with Crippen molar-refractivity contribution in [1.82, 2.24) is 13.9 Å². The van der Waals surface area contributed by atoms with Crippen LogP contribution < -0.4 is 10.0 Å². The molecule has 2 N–H and O–H groups in total. The van der Waals surface area contributed by atoms with E-state index in [0.717, 1.165) is 57.3 Å². The molecule has 1 aromatic carbocycles. The molecule has 0 unspecified atom stereocenters. The van der Waals surface area contributed by atoms with Gasteiger partial charge in [0.1, 0.15) is 0 Å². The molecular weight excluding hydrogens is 376 g/mol.